The Kier molecular flexibility index (Phi) is 4.16. The van der Waals surface area contributed by atoms with Gasteiger partial charge in [0.05, 0.1) is 18.0 Å². The van der Waals surface area contributed by atoms with Gasteiger partial charge in [0.25, 0.3) is 0 Å². The first-order valence-corrected chi connectivity index (χ1v) is 9.95. The molecule has 3 unspecified atom stereocenters. The van der Waals surface area contributed by atoms with Crippen LogP contribution in [0.4, 0.5) is 0 Å². The minimum atomic E-state index is -0.156. The summed E-state index contributed by atoms with van der Waals surface area (Å²) < 4.78 is 3.98. The van der Waals surface area contributed by atoms with Crippen molar-refractivity contribution in [2.24, 2.45) is 11.8 Å². The Morgan fingerprint density at radius 1 is 1.37 bits per heavy atom. The molecule has 2 aromatic rings. The standard InChI is InChI=1S/C20H30N6O/c1-13(2)25-15(7-9-23-25)20-8-6-14(10-20)17(20)18(27)21-11-16-22-12-24-26(16)19(3,4)5/h7,9,12-14,17H,6,8,10-11H2,1-5H3,(H,21,27). The van der Waals surface area contributed by atoms with E-state index in [4.69, 9.17) is 0 Å². The molecule has 0 aliphatic heterocycles. The molecule has 7 nitrogen and oxygen atoms in total. The van der Waals surface area contributed by atoms with E-state index in [1.54, 1.807) is 6.33 Å². The molecule has 7 heteroatoms. The summed E-state index contributed by atoms with van der Waals surface area (Å²) in [6.45, 7) is 11.0. The minimum absolute atomic E-state index is 0.0395. The summed E-state index contributed by atoms with van der Waals surface area (Å²) in [4.78, 5) is 17.5. The zero-order valence-corrected chi connectivity index (χ0v) is 16.9. The highest BCUT2D eigenvalue weighted by atomic mass is 16.2. The Morgan fingerprint density at radius 3 is 2.81 bits per heavy atom. The lowest BCUT2D eigenvalue weighted by Gasteiger charge is -2.46. The van der Waals surface area contributed by atoms with Crippen LogP contribution in [0.5, 0.6) is 0 Å². The van der Waals surface area contributed by atoms with E-state index in [9.17, 15) is 4.79 Å². The van der Waals surface area contributed by atoms with E-state index in [1.165, 1.54) is 5.69 Å². The van der Waals surface area contributed by atoms with Gasteiger partial charge < -0.3 is 5.32 Å². The highest BCUT2D eigenvalue weighted by molar-refractivity contribution is 5.82. The summed E-state index contributed by atoms with van der Waals surface area (Å²) in [5.41, 5.74) is 1.02. The number of amides is 1. The number of rotatable bonds is 5. The first kappa shape index (κ1) is 18.2. The van der Waals surface area contributed by atoms with Gasteiger partial charge in [-0.2, -0.15) is 10.2 Å². The quantitative estimate of drug-likeness (QED) is 0.878. The molecule has 0 spiro atoms. The first-order chi connectivity index (χ1) is 12.7. The van der Waals surface area contributed by atoms with Crippen molar-refractivity contribution in [2.45, 2.75) is 77.4 Å². The van der Waals surface area contributed by atoms with Crippen LogP contribution in [0.25, 0.3) is 0 Å². The Hall–Kier alpha value is -2.18. The van der Waals surface area contributed by atoms with Gasteiger partial charge in [0, 0.05) is 23.3 Å². The predicted molar refractivity (Wildman–Crippen MR) is 102 cm³/mol. The van der Waals surface area contributed by atoms with Crippen LogP contribution in [-0.2, 0) is 22.3 Å². The molecule has 0 aromatic carbocycles. The molecule has 3 fully saturated rings. The van der Waals surface area contributed by atoms with E-state index >= 15 is 0 Å². The second-order valence-electron chi connectivity index (χ2n) is 9.37. The van der Waals surface area contributed by atoms with Crippen molar-refractivity contribution >= 4 is 5.91 Å². The van der Waals surface area contributed by atoms with Gasteiger partial charge in [-0.1, -0.05) is 0 Å². The molecule has 3 atom stereocenters. The summed E-state index contributed by atoms with van der Waals surface area (Å²) in [6.07, 6.45) is 6.73. The number of carbonyl (C=O) groups is 1. The Labute approximate surface area is 160 Å². The van der Waals surface area contributed by atoms with Crippen LogP contribution in [0.1, 0.15) is 71.4 Å². The number of nitrogens with one attached hydrogen (secondary N) is 1. The molecule has 1 N–H and O–H groups in total. The number of hydrogen-bond acceptors (Lipinski definition) is 4. The van der Waals surface area contributed by atoms with Crippen LogP contribution in [0.3, 0.4) is 0 Å². The molecular weight excluding hydrogens is 340 g/mol. The number of aromatic nitrogens is 5. The normalized spacial score (nSPS) is 27.0. The average molecular weight is 371 g/mol. The predicted octanol–water partition coefficient (Wildman–Crippen LogP) is 2.79. The number of nitrogens with zero attached hydrogens (tertiary/aromatic N) is 5. The Bertz CT molecular complexity index is 841. The van der Waals surface area contributed by atoms with Crippen LogP contribution in [0.2, 0.25) is 0 Å². The van der Waals surface area contributed by atoms with Crippen molar-refractivity contribution in [3.05, 3.63) is 30.1 Å². The molecule has 27 heavy (non-hydrogen) atoms. The molecule has 2 heterocycles. The van der Waals surface area contributed by atoms with Gasteiger partial charge in [0.15, 0.2) is 0 Å². The van der Waals surface area contributed by atoms with Crippen LogP contribution < -0.4 is 5.32 Å². The van der Waals surface area contributed by atoms with E-state index in [0.717, 1.165) is 25.1 Å². The van der Waals surface area contributed by atoms with E-state index in [0.29, 0.717) is 18.5 Å². The first-order valence-electron chi connectivity index (χ1n) is 9.95. The van der Waals surface area contributed by atoms with Gasteiger partial charge in [-0.3, -0.25) is 9.48 Å². The summed E-state index contributed by atoms with van der Waals surface area (Å²) in [6, 6.07) is 2.41. The van der Waals surface area contributed by atoms with Crippen molar-refractivity contribution < 1.29 is 4.79 Å². The molecule has 2 bridgehead atoms. The molecule has 5 rings (SSSR count). The molecular formula is C20H30N6O. The molecule has 0 radical (unpaired) electrons. The van der Waals surface area contributed by atoms with Crippen molar-refractivity contribution in [1.82, 2.24) is 29.9 Å². The van der Waals surface area contributed by atoms with Crippen molar-refractivity contribution in [1.29, 1.82) is 0 Å². The number of fused-ring (bicyclic) bond motifs is 1. The maximum Gasteiger partial charge on any atom is 0.224 e. The largest absolute Gasteiger partial charge is 0.349 e. The average Bonchev–Trinajstić information content (AvgIpc) is 3.33. The molecule has 3 saturated carbocycles. The Morgan fingerprint density at radius 2 is 2.15 bits per heavy atom. The maximum atomic E-state index is 13.1. The lowest BCUT2D eigenvalue weighted by Crippen LogP contribution is -2.53. The van der Waals surface area contributed by atoms with Gasteiger partial charge in [0.2, 0.25) is 5.91 Å². The van der Waals surface area contributed by atoms with Crippen LogP contribution in [-0.4, -0.2) is 30.5 Å². The third-order valence-electron chi connectivity index (χ3n) is 6.28. The summed E-state index contributed by atoms with van der Waals surface area (Å²) in [5, 5.41) is 12.0. The van der Waals surface area contributed by atoms with Crippen molar-refractivity contribution in [3.63, 3.8) is 0 Å². The SMILES string of the molecule is CC(C)n1nccc1C12CCC(C1)C2C(=O)NCc1ncnn1C(C)(C)C. The smallest absolute Gasteiger partial charge is 0.224 e. The van der Waals surface area contributed by atoms with Gasteiger partial charge >= 0.3 is 0 Å². The fourth-order valence-corrected chi connectivity index (χ4v) is 5.17. The zero-order valence-electron chi connectivity index (χ0n) is 16.9. The lowest BCUT2D eigenvalue weighted by molar-refractivity contribution is -0.133. The molecule has 3 aliphatic rings. The highest BCUT2D eigenvalue weighted by Crippen LogP contribution is 2.64. The Balaban J connectivity index is 1.52. The molecule has 146 valence electrons. The number of hydrogen-bond donors (Lipinski definition) is 1. The maximum absolute atomic E-state index is 13.1. The molecule has 3 aliphatic carbocycles. The van der Waals surface area contributed by atoms with Crippen molar-refractivity contribution in [3.8, 4) is 0 Å². The van der Waals surface area contributed by atoms with Crippen LogP contribution >= 0.6 is 0 Å². The monoisotopic (exact) mass is 370 g/mol. The lowest BCUT2D eigenvalue weighted by atomic mass is 9.58. The summed E-state index contributed by atoms with van der Waals surface area (Å²) >= 11 is 0. The topological polar surface area (TPSA) is 77.6 Å². The third kappa shape index (κ3) is 2.78. The molecule has 2 aromatic heterocycles. The van der Waals surface area contributed by atoms with Gasteiger partial charge in [-0.05, 0) is 65.9 Å². The minimum Gasteiger partial charge on any atom is -0.349 e. The summed E-state index contributed by atoms with van der Waals surface area (Å²) in [5.74, 6) is 1.46. The van der Waals surface area contributed by atoms with E-state index in [1.807, 2.05) is 10.9 Å². The van der Waals surface area contributed by atoms with Gasteiger partial charge in [-0.15, -0.1) is 0 Å². The molecule has 0 saturated heterocycles. The zero-order chi connectivity index (χ0) is 19.4. The van der Waals surface area contributed by atoms with E-state index in [2.05, 4.69) is 65.9 Å². The fraction of sp³-hybridized carbons (Fsp3) is 0.700. The van der Waals surface area contributed by atoms with Crippen molar-refractivity contribution in [2.75, 3.05) is 0 Å². The van der Waals surface area contributed by atoms with Gasteiger partial charge in [0.1, 0.15) is 12.2 Å². The second kappa shape index (κ2) is 6.17. The summed E-state index contributed by atoms with van der Waals surface area (Å²) in [7, 11) is 0. The van der Waals surface area contributed by atoms with Gasteiger partial charge in [-0.25, -0.2) is 9.67 Å². The second-order valence-corrected chi connectivity index (χ2v) is 9.37. The van der Waals surface area contributed by atoms with E-state index in [-0.39, 0.29) is 22.8 Å². The third-order valence-corrected chi connectivity index (χ3v) is 6.28. The fourth-order valence-electron chi connectivity index (χ4n) is 5.17. The molecule has 1 amide bonds. The van der Waals surface area contributed by atoms with E-state index < -0.39 is 0 Å². The highest BCUT2D eigenvalue weighted by Gasteiger charge is 2.63. The number of carbonyl (C=O) groups excluding carboxylic acids is 1. The van der Waals surface area contributed by atoms with Crippen LogP contribution in [0, 0.1) is 11.8 Å². The van der Waals surface area contributed by atoms with Crippen LogP contribution in [0.15, 0.2) is 18.6 Å².